The van der Waals surface area contributed by atoms with Crippen molar-refractivity contribution in [1.82, 2.24) is 15.2 Å². The third kappa shape index (κ3) is 5.60. The number of nitrogens with zero attached hydrogens (tertiary/aromatic N) is 3. The van der Waals surface area contributed by atoms with Crippen LogP contribution in [0.5, 0.6) is 0 Å². The quantitative estimate of drug-likeness (QED) is 0.292. The van der Waals surface area contributed by atoms with Gasteiger partial charge in [-0.25, -0.2) is 0 Å². The van der Waals surface area contributed by atoms with E-state index in [1.807, 2.05) is 30.3 Å². The Balaban J connectivity index is 1.13. The van der Waals surface area contributed by atoms with E-state index in [4.69, 9.17) is 15.9 Å². The molecule has 1 atom stereocenters. The number of hydrogen-bond donors (Lipinski definition) is 3. The Labute approximate surface area is 236 Å². The average molecular weight is 539 g/mol. The minimum atomic E-state index is -0.167. The lowest BCUT2D eigenvalue weighted by Gasteiger charge is -2.47. The fourth-order valence-electron chi connectivity index (χ4n) is 6.26. The number of pyridine rings is 1. The molecule has 3 heterocycles. The molecule has 1 unspecified atom stereocenters. The van der Waals surface area contributed by atoms with Crippen LogP contribution in [0.4, 0.5) is 11.4 Å². The molecule has 6 rings (SSSR count). The monoisotopic (exact) mass is 538 g/mol. The predicted molar refractivity (Wildman–Crippen MR) is 158 cm³/mol. The lowest BCUT2D eigenvalue weighted by atomic mass is 9.94. The van der Waals surface area contributed by atoms with Crippen molar-refractivity contribution in [3.8, 4) is 0 Å². The van der Waals surface area contributed by atoms with E-state index >= 15 is 0 Å². The maximum absolute atomic E-state index is 13.4. The number of nitrogens with two attached hydrogens (primary N) is 1. The van der Waals surface area contributed by atoms with Crippen molar-refractivity contribution < 1.29 is 9.53 Å². The van der Waals surface area contributed by atoms with Gasteiger partial charge in [0.15, 0.2) is 0 Å². The Morgan fingerprint density at radius 1 is 1.00 bits per heavy atom. The van der Waals surface area contributed by atoms with Gasteiger partial charge in [-0.05, 0) is 61.2 Å². The van der Waals surface area contributed by atoms with Gasteiger partial charge in [0.05, 0.1) is 30.7 Å². The number of carbonyl (C=O) groups excluding carboxylic acids is 1. The fraction of sp³-hybridized carbons (Fsp3) is 0.406. The van der Waals surface area contributed by atoms with Crippen LogP contribution in [0, 0.1) is 11.3 Å². The van der Waals surface area contributed by atoms with Gasteiger partial charge in [-0.15, -0.1) is 0 Å². The number of anilines is 2. The van der Waals surface area contributed by atoms with Gasteiger partial charge in [0.2, 0.25) is 0 Å². The zero-order valence-electron chi connectivity index (χ0n) is 22.9. The molecule has 3 aromatic rings. The first-order valence-corrected chi connectivity index (χ1v) is 14.4. The molecule has 0 bridgehead atoms. The molecule has 1 aliphatic carbocycles. The fourth-order valence-corrected chi connectivity index (χ4v) is 6.26. The number of amides is 1. The van der Waals surface area contributed by atoms with Crippen LogP contribution >= 0.6 is 0 Å². The third-order valence-corrected chi connectivity index (χ3v) is 8.69. The second-order valence-corrected chi connectivity index (χ2v) is 11.2. The molecular formula is C32H38N6O2. The molecule has 2 aromatic carbocycles. The summed E-state index contributed by atoms with van der Waals surface area (Å²) in [5.74, 6) is 0.207. The van der Waals surface area contributed by atoms with Gasteiger partial charge >= 0.3 is 0 Å². The highest BCUT2D eigenvalue weighted by molar-refractivity contribution is 6.15. The van der Waals surface area contributed by atoms with Gasteiger partial charge in [-0.3, -0.25) is 20.1 Å². The summed E-state index contributed by atoms with van der Waals surface area (Å²) in [6.45, 7) is 5.70. The largest absolute Gasteiger partial charge is 0.398 e. The molecule has 8 heteroatoms. The Bertz CT molecular complexity index is 1330. The van der Waals surface area contributed by atoms with Crippen molar-refractivity contribution in [2.75, 3.05) is 50.0 Å². The van der Waals surface area contributed by atoms with Crippen molar-refractivity contribution in [3.05, 3.63) is 89.2 Å². The molecule has 208 valence electrons. The van der Waals surface area contributed by atoms with Crippen molar-refractivity contribution in [2.45, 2.75) is 37.8 Å². The minimum Gasteiger partial charge on any atom is -0.398 e. The number of benzene rings is 2. The molecular weight excluding hydrogens is 500 g/mol. The van der Waals surface area contributed by atoms with Gasteiger partial charge in [0.25, 0.3) is 5.91 Å². The van der Waals surface area contributed by atoms with E-state index in [1.54, 1.807) is 24.4 Å². The molecule has 0 spiro atoms. The summed E-state index contributed by atoms with van der Waals surface area (Å²) in [5.41, 5.74) is 11.0. The van der Waals surface area contributed by atoms with Crippen molar-refractivity contribution in [3.63, 3.8) is 0 Å². The summed E-state index contributed by atoms with van der Waals surface area (Å²) >= 11 is 0. The van der Waals surface area contributed by atoms with E-state index in [9.17, 15) is 4.79 Å². The number of aromatic nitrogens is 1. The summed E-state index contributed by atoms with van der Waals surface area (Å²) in [5, 5.41) is 12.2. The lowest BCUT2D eigenvalue weighted by molar-refractivity contribution is 0.0105. The van der Waals surface area contributed by atoms with Crippen LogP contribution in [0.25, 0.3) is 0 Å². The maximum atomic E-state index is 13.4. The van der Waals surface area contributed by atoms with Crippen LogP contribution in [0.15, 0.2) is 66.9 Å². The van der Waals surface area contributed by atoms with Crippen LogP contribution in [0.2, 0.25) is 0 Å². The van der Waals surface area contributed by atoms with Gasteiger partial charge < -0.3 is 20.7 Å². The number of morpholine rings is 1. The van der Waals surface area contributed by atoms with E-state index in [-0.39, 0.29) is 11.9 Å². The summed E-state index contributed by atoms with van der Waals surface area (Å²) in [7, 11) is 0. The topological polar surface area (TPSA) is 108 Å². The summed E-state index contributed by atoms with van der Waals surface area (Å²) < 4.78 is 5.48. The van der Waals surface area contributed by atoms with Gasteiger partial charge in [0, 0.05) is 66.5 Å². The van der Waals surface area contributed by atoms with E-state index < -0.39 is 0 Å². The van der Waals surface area contributed by atoms with E-state index in [0.717, 1.165) is 69.2 Å². The Hall–Kier alpha value is -3.75. The second-order valence-electron chi connectivity index (χ2n) is 11.2. The number of rotatable bonds is 8. The maximum Gasteiger partial charge on any atom is 0.251 e. The molecule has 40 heavy (non-hydrogen) atoms. The Morgan fingerprint density at radius 2 is 1.73 bits per heavy atom. The number of hydrogen-bond acceptors (Lipinski definition) is 7. The molecule has 1 aromatic heterocycles. The number of carbonyl (C=O) groups is 1. The minimum absolute atomic E-state index is 0.131. The molecule has 2 aliphatic heterocycles. The first-order chi connectivity index (χ1) is 19.6. The summed E-state index contributed by atoms with van der Waals surface area (Å²) in [6.07, 6.45) is 6.30. The SMILES string of the molecule is N=C(c1ccc(N2CC(N3CCOCC3)C2)cc1)c1cc(C(=O)NC(c2ccccn2)C2CCCC2)ccc1N. The molecule has 4 N–H and O–H groups in total. The standard InChI is InChI=1S/C32H38N6O2/c33-28-13-10-24(32(39)36-31(23-5-1-2-6-23)29-7-3-4-14-35-29)19-27(28)30(34)22-8-11-25(12-9-22)38-20-26(21-38)37-15-17-40-18-16-37/h3-4,7-14,19,23,26,31,34H,1-2,5-6,15-18,20-21,33H2,(H,36,39). The normalized spacial score (nSPS) is 19.2. The average Bonchev–Trinajstić information content (AvgIpc) is 3.51. The van der Waals surface area contributed by atoms with E-state index in [0.29, 0.717) is 34.5 Å². The highest BCUT2D eigenvalue weighted by Gasteiger charge is 2.33. The second kappa shape index (κ2) is 11.8. The summed E-state index contributed by atoms with van der Waals surface area (Å²) in [6, 6.07) is 19.6. The zero-order chi connectivity index (χ0) is 27.5. The molecule has 1 amide bonds. The molecule has 8 nitrogen and oxygen atoms in total. The van der Waals surface area contributed by atoms with Gasteiger partial charge in [-0.1, -0.05) is 31.0 Å². The van der Waals surface area contributed by atoms with Crippen molar-refractivity contribution >= 4 is 23.0 Å². The Morgan fingerprint density at radius 3 is 2.42 bits per heavy atom. The highest BCUT2D eigenvalue weighted by Crippen LogP contribution is 2.35. The third-order valence-electron chi connectivity index (χ3n) is 8.69. The van der Waals surface area contributed by atoms with E-state index in [1.165, 1.54) is 12.8 Å². The van der Waals surface area contributed by atoms with Crippen LogP contribution in [0.3, 0.4) is 0 Å². The van der Waals surface area contributed by atoms with Gasteiger partial charge in [0.1, 0.15) is 0 Å². The molecule has 3 fully saturated rings. The van der Waals surface area contributed by atoms with Crippen LogP contribution in [-0.2, 0) is 4.74 Å². The number of nitrogen functional groups attached to an aromatic ring is 1. The first-order valence-electron chi connectivity index (χ1n) is 14.4. The molecule has 0 radical (unpaired) electrons. The van der Waals surface area contributed by atoms with Crippen LogP contribution < -0.4 is 16.0 Å². The predicted octanol–water partition coefficient (Wildman–Crippen LogP) is 4.26. The van der Waals surface area contributed by atoms with Crippen LogP contribution in [0.1, 0.15) is 58.9 Å². The molecule has 1 saturated carbocycles. The zero-order valence-corrected chi connectivity index (χ0v) is 22.9. The Kier molecular flexibility index (Phi) is 7.80. The molecule has 3 aliphatic rings. The van der Waals surface area contributed by atoms with Crippen LogP contribution in [-0.4, -0.2) is 66.9 Å². The number of nitrogens with one attached hydrogen (secondary N) is 2. The van der Waals surface area contributed by atoms with E-state index in [2.05, 4.69) is 32.2 Å². The van der Waals surface area contributed by atoms with Crippen molar-refractivity contribution in [1.29, 1.82) is 5.41 Å². The lowest BCUT2D eigenvalue weighted by Crippen LogP contribution is -2.61. The van der Waals surface area contributed by atoms with Gasteiger partial charge in [-0.2, -0.15) is 0 Å². The molecule has 2 saturated heterocycles. The number of ether oxygens (including phenoxy) is 1. The smallest absolute Gasteiger partial charge is 0.251 e. The van der Waals surface area contributed by atoms with Crippen molar-refractivity contribution in [2.24, 2.45) is 5.92 Å². The highest BCUT2D eigenvalue weighted by atomic mass is 16.5. The summed E-state index contributed by atoms with van der Waals surface area (Å²) in [4.78, 5) is 22.9. The first kappa shape index (κ1) is 26.5.